The summed E-state index contributed by atoms with van der Waals surface area (Å²) < 4.78 is 0.394. The summed E-state index contributed by atoms with van der Waals surface area (Å²) >= 11 is 2.05. The molecule has 0 atom stereocenters. The number of rotatable bonds is 3. The van der Waals surface area contributed by atoms with Crippen molar-refractivity contribution >= 4 is 17.5 Å². The zero-order valence-electron chi connectivity index (χ0n) is 11.2. The normalized spacial score (nSPS) is 26.9. The van der Waals surface area contributed by atoms with Gasteiger partial charge in [-0.2, -0.15) is 11.8 Å². The highest BCUT2D eigenvalue weighted by atomic mass is 32.2. The Kier molecular flexibility index (Phi) is 4.53. The van der Waals surface area contributed by atoms with Crippen molar-refractivity contribution in [3.05, 3.63) is 0 Å². The third kappa shape index (κ3) is 3.99. The molecule has 1 saturated carbocycles. The Hall–Kier alpha value is -0.0200. The van der Waals surface area contributed by atoms with Gasteiger partial charge in [0.1, 0.15) is 5.78 Å². The molecule has 0 radical (unpaired) electrons. The highest BCUT2D eigenvalue weighted by Crippen LogP contribution is 2.31. The van der Waals surface area contributed by atoms with E-state index in [1.807, 2.05) is 0 Å². The SMILES string of the molecule is CC1(C)CCN(CC(=O)C2CCCC2)CCS1. The fourth-order valence-electron chi connectivity index (χ4n) is 2.82. The molecule has 0 unspecified atom stereocenters. The molecule has 2 fully saturated rings. The lowest BCUT2D eigenvalue weighted by Crippen LogP contribution is -2.34. The lowest BCUT2D eigenvalue weighted by atomic mass is 10.0. The molecule has 0 spiro atoms. The fraction of sp³-hybridized carbons (Fsp3) is 0.929. The van der Waals surface area contributed by atoms with E-state index < -0.39 is 0 Å². The monoisotopic (exact) mass is 255 g/mol. The van der Waals surface area contributed by atoms with Gasteiger partial charge >= 0.3 is 0 Å². The van der Waals surface area contributed by atoms with E-state index in [1.54, 1.807) is 0 Å². The van der Waals surface area contributed by atoms with Crippen molar-refractivity contribution < 1.29 is 4.79 Å². The van der Waals surface area contributed by atoms with E-state index in [2.05, 4.69) is 30.5 Å². The number of hydrogen-bond acceptors (Lipinski definition) is 3. The van der Waals surface area contributed by atoms with Gasteiger partial charge in [0.05, 0.1) is 6.54 Å². The van der Waals surface area contributed by atoms with Gasteiger partial charge in [-0.05, 0) is 25.8 Å². The Morgan fingerprint density at radius 3 is 2.71 bits per heavy atom. The third-order valence-corrected chi connectivity index (χ3v) is 5.49. The Labute approximate surface area is 110 Å². The molecule has 0 aromatic carbocycles. The zero-order valence-corrected chi connectivity index (χ0v) is 12.0. The molecule has 1 heterocycles. The van der Waals surface area contributed by atoms with Crippen molar-refractivity contribution in [2.24, 2.45) is 5.92 Å². The van der Waals surface area contributed by atoms with Crippen LogP contribution in [-0.4, -0.2) is 40.8 Å². The molecule has 2 rings (SSSR count). The number of ketones is 1. The number of carbonyl (C=O) groups excluding carboxylic acids is 1. The van der Waals surface area contributed by atoms with Gasteiger partial charge in [0, 0.05) is 23.0 Å². The first-order valence-electron chi connectivity index (χ1n) is 6.96. The highest BCUT2D eigenvalue weighted by Gasteiger charge is 2.27. The van der Waals surface area contributed by atoms with Crippen molar-refractivity contribution in [1.29, 1.82) is 0 Å². The summed E-state index contributed by atoms with van der Waals surface area (Å²) in [4.78, 5) is 14.5. The molecule has 0 aromatic heterocycles. The van der Waals surface area contributed by atoms with Crippen LogP contribution in [0.15, 0.2) is 0 Å². The maximum atomic E-state index is 12.1. The number of Topliss-reactive ketones (excluding diaryl/α,β-unsaturated/α-hetero) is 1. The number of hydrogen-bond donors (Lipinski definition) is 0. The van der Waals surface area contributed by atoms with Crippen LogP contribution >= 0.6 is 11.8 Å². The van der Waals surface area contributed by atoms with Gasteiger partial charge < -0.3 is 0 Å². The van der Waals surface area contributed by atoms with Crippen molar-refractivity contribution in [3.63, 3.8) is 0 Å². The first-order valence-corrected chi connectivity index (χ1v) is 7.94. The van der Waals surface area contributed by atoms with Gasteiger partial charge in [0.25, 0.3) is 0 Å². The molecule has 0 N–H and O–H groups in total. The molecule has 1 aliphatic carbocycles. The average molecular weight is 255 g/mol. The second-order valence-corrected chi connectivity index (χ2v) is 7.88. The number of thioether (sulfide) groups is 1. The van der Waals surface area contributed by atoms with Gasteiger partial charge in [-0.25, -0.2) is 0 Å². The van der Waals surface area contributed by atoms with Crippen LogP contribution in [0.1, 0.15) is 46.0 Å². The molecule has 1 saturated heterocycles. The van der Waals surface area contributed by atoms with Crippen LogP contribution in [0.3, 0.4) is 0 Å². The molecule has 0 bridgehead atoms. The minimum atomic E-state index is 0.388. The van der Waals surface area contributed by atoms with E-state index in [1.165, 1.54) is 25.0 Å². The summed E-state index contributed by atoms with van der Waals surface area (Å²) in [6, 6.07) is 0. The molecule has 0 amide bonds. The minimum Gasteiger partial charge on any atom is -0.298 e. The summed E-state index contributed by atoms with van der Waals surface area (Å²) in [6.07, 6.45) is 6.02. The topological polar surface area (TPSA) is 20.3 Å². The van der Waals surface area contributed by atoms with Gasteiger partial charge in [-0.15, -0.1) is 0 Å². The third-order valence-electron chi connectivity index (χ3n) is 4.12. The van der Waals surface area contributed by atoms with E-state index in [4.69, 9.17) is 0 Å². The van der Waals surface area contributed by atoms with E-state index in [-0.39, 0.29) is 0 Å². The quantitative estimate of drug-likeness (QED) is 0.773. The molecular weight excluding hydrogens is 230 g/mol. The molecular formula is C14H25NOS. The summed E-state index contributed by atoms with van der Waals surface area (Å²) in [7, 11) is 0. The Morgan fingerprint density at radius 1 is 1.29 bits per heavy atom. The molecule has 2 aliphatic rings. The van der Waals surface area contributed by atoms with Gasteiger partial charge in [0.2, 0.25) is 0 Å². The highest BCUT2D eigenvalue weighted by molar-refractivity contribution is 8.00. The summed E-state index contributed by atoms with van der Waals surface area (Å²) in [5, 5.41) is 0. The second-order valence-electron chi connectivity index (χ2n) is 6.08. The average Bonchev–Trinajstić information content (AvgIpc) is 2.73. The van der Waals surface area contributed by atoms with E-state index in [0.717, 1.165) is 25.9 Å². The summed E-state index contributed by atoms with van der Waals surface area (Å²) in [5.41, 5.74) is 0. The Balaban J connectivity index is 1.80. The minimum absolute atomic E-state index is 0.388. The number of nitrogens with zero attached hydrogens (tertiary/aromatic N) is 1. The largest absolute Gasteiger partial charge is 0.298 e. The van der Waals surface area contributed by atoms with Crippen LogP contribution in [0.2, 0.25) is 0 Å². The lowest BCUT2D eigenvalue weighted by Gasteiger charge is -2.23. The first-order chi connectivity index (χ1) is 8.07. The van der Waals surface area contributed by atoms with Crippen molar-refractivity contribution in [2.75, 3.05) is 25.4 Å². The zero-order chi connectivity index (χ0) is 12.3. The van der Waals surface area contributed by atoms with Crippen LogP contribution in [0.4, 0.5) is 0 Å². The Morgan fingerprint density at radius 2 is 2.00 bits per heavy atom. The predicted molar refractivity (Wildman–Crippen MR) is 74.6 cm³/mol. The number of carbonyl (C=O) groups is 1. The van der Waals surface area contributed by atoms with E-state index >= 15 is 0 Å². The van der Waals surface area contributed by atoms with Gasteiger partial charge in [-0.3, -0.25) is 9.69 Å². The van der Waals surface area contributed by atoms with Crippen molar-refractivity contribution in [1.82, 2.24) is 4.90 Å². The molecule has 1 aliphatic heterocycles. The lowest BCUT2D eigenvalue weighted by molar-refractivity contribution is -0.123. The molecule has 0 aromatic rings. The predicted octanol–water partition coefficient (Wildman–Crippen LogP) is 2.96. The van der Waals surface area contributed by atoms with E-state index in [0.29, 0.717) is 23.0 Å². The molecule has 17 heavy (non-hydrogen) atoms. The van der Waals surface area contributed by atoms with Gasteiger partial charge in [-0.1, -0.05) is 26.7 Å². The van der Waals surface area contributed by atoms with Crippen LogP contribution in [0, 0.1) is 5.92 Å². The van der Waals surface area contributed by atoms with Gasteiger partial charge in [0.15, 0.2) is 0 Å². The molecule has 98 valence electrons. The van der Waals surface area contributed by atoms with E-state index in [9.17, 15) is 4.79 Å². The first kappa shape index (κ1) is 13.4. The fourth-order valence-corrected chi connectivity index (χ4v) is 3.96. The summed E-state index contributed by atoms with van der Waals surface area (Å²) in [6.45, 7) is 7.53. The molecule has 3 heteroatoms. The van der Waals surface area contributed by atoms with Crippen LogP contribution < -0.4 is 0 Å². The molecule has 2 nitrogen and oxygen atoms in total. The van der Waals surface area contributed by atoms with Crippen molar-refractivity contribution in [3.8, 4) is 0 Å². The maximum Gasteiger partial charge on any atom is 0.149 e. The van der Waals surface area contributed by atoms with Crippen LogP contribution in [0.25, 0.3) is 0 Å². The van der Waals surface area contributed by atoms with Crippen LogP contribution in [-0.2, 0) is 4.79 Å². The summed E-state index contributed by atoms with van der Waals surface area (Å²) in [5.74, 6) is 2.07. The standard InChI is InChI=1S/C14H25NOS/c1-14(2)7-8-15(9-10-17-14)11-13(16)12-5-3-4-6-12/h12H,3-11H2,1-2H3. The second kappa shape index (κ2) is 5.75. The van der Waals surface area contributed by atoms with Crippen molar-refractivity contribution in [2.45, 2.75) is 50.7 Å². The smallest absolute Gasteiger partial charge is 0.149 e. The van der Waals surface area contributed by atoms with Crippen LogP contribution in [0.5, 0.6) is 0 Å². The maximum absolute atomic E-state index is 12.1. The Bertz CT molecular complexity index is 271.